The SMILES string of the molecule is O=C(COc1ccc(-c2ccccc2)cc1)N/N=C\c1cc(O)c(Br)cc1Br. The predicted octanol–water partition coefficient (Wildman–Crippen LogP) is 5.11. The number of carbonyl (C=O) groups is 1. The van der Waals surface area contributed by atoms with Gasteiger partial charge < -0.3 is 9.84 Å². The zero-order chi connectivity index (χ0) is 19.9. The number of hydrogen-bond donors (Lipinski definition) is 2. The third-order valence-corrected chi connectivity index (χ3v) is 5.11. The summed E-state index contributed by atoms with van der Waals surface area (Å²) < 4.78 is 6.77. The first-order valence-electron chi connectivity index (χ1n) is 8.31. The Kier molecular flexibility index (Phi) is 6.84. The Morgan fingerprint density at radius 3 is 2.39 bits per heavy atom. The minimum atomic E-state index is -0.388. The van der Waals surface area contributed by atoms with E-state index in [2.05, 4.69) is 42.4 Å². The van der Waals surface area contributed by atoms with Gasteiger partial charge in [0.05, 0.1) is 10.7 Å². The number of hydrazone groups is 1. The molecule has 142 valence electrons. The molecule has 0 atom stereocenters. The summed E-state index contributed by atoms with van der Waals surface area (Å²) in [6.07, 6.45) is 1.43. The van der Waals surface area contributed by atoms with Crippen LogP contribution in [-0.4, -0.2) is 23.8 Å². The van der Waals surface area contributed by atoms with Crippen molar-refractivity contribution in [3.63, 3.8) is 0 Å². The van der Waals surface area contributed by atoms with E-state index in [1.807, 2.05) is 54.6 Å². The fourth-order valence-electron chi connectivity index (χ4n) is 2.38. The van der Waals surface area contributed by atoms with Gasteiger partial charge in [-0.05, 0) is 51.3 Å². The molecule has 0 aliphatic carbocycles. The molecule has 0 fully saturated rings. The molecule has 3 rings (SSSR count). The van der Waals surface area contributed by atoms with E-state index in [0.29, 0.717) is 15.8 Å². The number of phenols is 1. The topological polar surface area (TPSA) is 70.9 Å². The highest BCUT2D eigenvalue weighted by atomic mass is 79.9. The van der Waals surface area contributed by atoms with Gasteiger partial charge >= 0.3 is 0 Å². The molecule has 0 saturated heterocycles. The van der Waals surface area contributed by atoms with Crippen molar-refractivity contribution in [2.75, 3.05) is 6.61 Å². The van der Waals surface area contributed by atoms with Crippen LogP contribution in [0.1, 0.15) is 5.56 Å². The maximum absolute atomic E-state index is 11.9. The van der Waals surface area contributed by atoms with E-state index in [1.54, 1.807) is 6.07 Å². The number of benzene rings is 3. The summed E-state index contributed by atoms with van der Waals surface area (Å²) in [6.45, 7) is -0.158. The molecule has 7 heteroatoms. The van der Waals surface area contributed by atoms with Crippen LogP contribution >= 0.6 is 31.9 Å². The van der Waals surface area contributed by atoms with Crippen molar-refractivity contribution < 1.29 is 14.6 Å². The zero-order valence-corrected chi connectivity index (χ0v) is 17.8. The normalized spacial score (nSPS) is 10.8. The lowest BCUT2D eigenvalue weighted by Crippen LogP contribution is -2.24. The summed E-state index contributed by atoms with van der Waals surface area (Å²) in [6, 6.07) is 20.8. The number of nitrogens with zero attached hydrogens (tertiary/aromatic N) is 1. The lowest BCUT2D eigenvalue weighted by atomic mass is 10.1. The molecule has 0 saturated carbocycles. The Labute approximate surface area is 179 Å². The minimum Gasteiger partial charge on any atom is -0.507 e. The molecule has 0 unspecified atom stereocenters. The zero-order valence-electron chi connectivity index (χ0n) is 14.6. The Morgan fingerprint density at radius 1 is 1.00 bits per heavy atom. The number of hydrogen-bond acceptors (Lipinski definition) is 4. The maximum Gasteiger partial charge on any atom is 0.277 e. The van der Waals surface area contributed by atoms with E-state index in [4.69, 9.17) is 4.74 Å². The van der Waals surface area contributed by atoms with Crippen molar-refractivity contribution in [2.24, 2.45) is 5.10 Å². The van der Waals surface area contributed by atoms with Gasteiger partial charge in [0.25, 0.3) is 5.91 Å². The lowest BCUT2D eigenvalue weighted by molar-refractivity contribution is -0.123. The number of halogens is 2. The molecule has 0 radical (unpaired) electrons. The van der Waals surface area contributed by atoms with Crippen molar-refractivity contribution in [1.29, 1.82) is 0 Å². The van der Waals surface area contributed by atoms with Crippen molar-refractivity contribution in [1.82, 2.24) is 5.43 Å². The molecule has 3 aromatic carbocycles. The van der Waals surface area contributed by atoms with Crippen LogP contribution in [0.2, 0.25) is 0 Å². The Morgan fingerprint density at radius 2 is 1.68 bits per heavy atom. The number of phenolic OH excluding ortho intramolecular Hbond substituents is 1. The molecular formula is C21H16Br2N2O3. The van der Waals surface area contributed by atoms with Gasteiger partial charge in [-0.25, -0.2) is 5.43 Å². The molecule has 0 spiro atoms. The number of rotatable bonds is 6. The van der Waals surface area contributed by atoms with Crippen molar-refractivity contribution >= 4 is 44.0 Å². The molecule has 28 heavy (non-hydrogen) atoms. The maximum atomic E-state index is 11.9. The summed E-state index contributed by atoms with van der Waals surface area (Å²) in [5.74, 6) is 0.290. The molecule has 0 aliphatic heterocycles. The molecular weight excluding hydrogens is 488 g/mol. The molecule has 1 amide bonds. The van der Waals surface area contributed by atoms with Crippen LogP contribution in [0.4, 0.5) is 0 Å². The standard InChI is InChI=1S/C21H16Br2N2O3/c22-18-11-19(23)20(26)10-16(18)12-24-25-21(27)13-28-17-8-6-15(7-9-17)14-4-2-1-3-5-14/h1-12,26H,13H2,(H,25,27)/b24-12-. The van der Waals surface area contributed by atoms with Gasteiger partial charge in [-0.3, -0.25) is 4.79 Å². The first-order chi connectivity index (χ1) is 13.5. The molecule has 0 aromatic heterocycles. The summed E-state index contributed by atoms with van der Waals surface area (Å²) in [5.41, 5.74) is 5.21. The van der Waals surface area contributed by atoms with Crippen molar-refractivity contribution in [2.45, 2.75) is 0 Å². The van der Waals surface area contributed by atoms with Crippen LogP contribution in [0.15, 0.2) is 80.8 Å². The molecule has 5 nitrogen and oxygen atoms in total. The van der Waals surface area contributed by atoms with E-state index in [1.165, 1.54) is 12.3 Å². The average Bonchev–Trinajstić information content (AvgIpc) is 2.71. The van der Waals surface area contributed by atoms with Crippen LogP contribution in [0, 0.1) is 0 Å². The van der Waals surface area contributed by atoms with Crippen LogP contribution in [0.25, 0.3) is 11.1 Å². The monoisotopic (exact) mass is 502 g/mol. The smallest absolute Gasteiger partial charge is 0.277 e. The number of nitrogens with one attached hydrogen (secondary N) is 1. The van der Waals surface area contributed by atoms with E-state index in [9.17, 15) is 9.90 Å². The molecule has 2 N–H and O–H groups in total. The second kappa shape index (κ2) is 9.52. The van der Waals surface area contributed by atoms with Crippen LogP contribution < -0.4 is 10.2 Å². The Bertz CT molecular complexity index is 991. The number of amides is 1. The summed E-state index contributed by atoms with van der Waals surface area (Å²) in [7, 11) is 0. The van der Waals surface area contributed by atoms with E-state index >= 15 is 0 Å². The summed E-state index contributed by atoms with van der Waals surface area (Å²) >= 11 is 6.58. The van der Waals surface area contributed by atoms with Crippen LogP contribution in [-0.2, 0) is 4.79 Å². The van der Waals surface area contributed by atoms with Crippen molar-refractivity contribution in [3.8, 4) is 22.6 Å². The quantitative estimate of drug-likeness (QED) is 0.362. The van der Waals surface area contributed by atoms with Gasteiger partial charge in [0.2, 0.25) is 0 Å². The van der Waals surface area contributed by atoms with E-state index < -0.39 is 0 Å². The van der Waals surface area contributed by atoms with Gasteiger partial charge in [-0.15, -0.1) is 0 Å². The highest BCUT2D eigenvalue weighted by Crippen LogP contribution is 2.29. The molecule has 0 heterocycles. The number of ether oxygens (including phenoxy) is 1. The van der Waals surface area contributed by atoms with Crippen LogP contribution in [0.3, 0.4) is 0 Å². The Hall–Kier alpha value is -2.64. The first-order valence-corrected chi connectivity index (χ1v) is 9.90. The third-order valence-electron chi connectivity index (χ3n) is 3.79. The highest BCUT2D eigenvalue weighted by molar-refractivity contribution is 9.11. The average molecular weight is 504 g/mol. The predicted molar refractivity (Wildman–Crippen MR) is 117 cm³/mol. The van der Waals surface area contributed by atoms with Gasteiger partial charge in [-0.2, -0.15) is 5.10 Å². The lowest BCUT2D eigenvalue weighted by Gasteiger charge is -2.07. The third kappa shape index (κ3) is 5.43. The first kappa shape index (κ1) is 20.1. The second-order valence-electron chi connectivity index (χ2n) is 5.80. The minimum absolute atomic E-state index is 0.0817. The fraction of sp³-hybridized carbons (Fsp3) is 0.0476. The van der Waals surface area contributed by atoms with Gasteiger partial charge in [-0.1, -0.05) is 58.4 Å². The van der Waals surface area contributed by atoms with Crippen LogP contribution in [0.5, 0.6) is 11.5 Å². The largest absolute Gasteiger partial charge is 0.507 e. The Balaban J connectivity index is 1.51. The number of aromatic hydroxyl groups is 1. The fourth-order valence-corrected chi connectivity index (χ4v) is 3.48. The van der Waals surface area contributed by atoms with Gasteiger partial charge in [0.15, 0.2) is 6.61 Å². The number of carbonyl (C=O) groups excluding carboxylic acids is 1. The van der Waals surface area contributed by atoms with Gasteiger partial charge in [0.1, 0.15) is 11.5 Å². The van der Waals surface area contributed by atoms with E-state index in [-0.39, 0.29) is 18.3 Å². The van der Waals surface area contributed by atoms with Crippen molar-refractivity contribution in [3.05, 3.63) is 81.2 Å². The summed E-state index contributed by atoms with van der Waals surface area (Å²) in [5, 5.41) is 13.6. The van der Waals surface area contributed by atoms with Gasteiger partial charge in [0, 0.05) is 10.0 Å². The molecule has 0 aliphatic rings. The summed E-state index contributed by atoms with van der Waals surface area (Å²) in [4.78, 5) is 11.9. The molecule has 0 bridgehead atoms. The second-order valence-corrected chi connectivity index (χ2v) is 7.51. The highest BCUT2D eigenvalue weighted by Gasteiger charge is 2.05. The molecule has 3 aromatic rings. The van der Waals surface area contributed by atoms with E-state index in [0.717, 1.165) is 15.6 Å².